The maximum absolute atomic E-state index is 15.0. The molecule has 4 aliphatic rings. The molecular formula is C49H61N3O12. The molecule has 3 aromatic rings. The van der Waals surface area contributed by atoms with Crippen LogP contribution < -0.4 is 5.32 Å². The van der Waals surface area contributed by atoms with Crippen molar-refractivity contribution in [1.29, 1.82) is 0 Å². The SMILES string of the molecule is CC[C@@H]1OC(=O)[C@]2(CO2)C(=O)[C@H](C)[C@@H](O[C@@H]2O[C@H](C)C[C@H](N(C)C)[C@H]2OC(=O)c2ccccc2)[C@@](C)(OC/C=C/c2cnc3ccccc3c2)C[C@@H](C)C(=O)[C@@H](C)[C@H]2NC(=O)O[C@]12C. The number of hydrogen-bond acceptors (Lipinski definition) is 14. The molecule has 1 amide bonds. The Bertz CT molecular complexity index is 2250. The molecule has 4 fully saturated rings. The summed E-state index contributed by atoms with van der Waals surface area (Å²) >= 11 is 0. The van der Waals surface area contributed by atoms with E-state index in [4.69, 9.17) is 33.2 Å². The summed E-state index contributed by atoms with van der Waals surface area (Å²) in [5.74, 6) is -5.11. The lowest BCUT2D eigenvalue weighted by Crippen LogP contribution is -2.61. The number of para-hydroxylation sites is 1. The van der Waals surface area contributed by atoms with Crippen molar-refractivity contribution in [2.24, 2.45) is 17.8 Å². The summed E-state index contributed by atoms with van der Waals surface area (Å²) in [4.78, 5) is 77.2. The molecule has 0 saturated carbocycles. The highest BCUT2D eigenvalue weighted by Gasteiger charge is 2.66. The summed E-state index contributed by atoms with van der Waals surface area (Å²) in [5, 5.41) is 3.77. The molecular weight excluding hydrogens is 823 g/mol. The third kappa shape index (κ3) is 9.36. The average molecular weight is 884 g/mol. The lowest BCUT2D eigenvalue weighted by Gasteiger charge is -2.48. The highest BCUT2D eigenvalue weighted by molar-refractivity contribution is 6.11. The lowest BCUT2D eigenvalue weighted by molar-refractivity contribution is -0.296. The quantitative estimate of drug-likeness (QED) is 0.107. The number of carbonyl (C=O) groups excluding carboxylic acids is 5. The van der Waals surface area contributed by atoms with Crippen LogP contribution in [0.3, 0.4) is 0 Å². The van der Waals surface area contributed by atoms with Crippen LogP contribution in [0.4, 0.5) is 4.79 Å². The Labute approximate surface area is 374 Å². The zero-order valence-electron chi connectivity index (χ0n) is 38.1. The van der Waals surface area contributed by atoms with E-state index < -0.39 is 89.0 Å². The van der Waals surface area contributed by atoms with E-state index in [-0.39, 0.29) is 44.0 Å². The minimum atomic E-state index is -2.00. The van der Waals surface area contributed by atoms with Gasteiger partial charge in [-0.3, -0.25) is 14.6 Å². The minimum Gasteiger partial charge on any atom is -0.455 e. The van der Waals surface area contributed by atoms with Crippen LogP contribution in [0.5, 0.6) is 0 Å². The van der Waals surface area contributed by atoms with Crippen molar-refractivity contribution in [3.8, 4) is 0 Å². The second-order valence-corrected chi connectivity index (χ2v) is 18.4. The fraction of sp³-hybridized carbons (Fsp3) is 0.551. The standard InChI is InChI=1S/C49H61N3O12/c1-10-37-48(7)40(51-46(57)64-48)30(4)38(53)28(2)25-47(6,58-22-16-17-32-24-34-20-14-15-21-35(34)50-26-32)42(31(5)41(54)49(27-59-49)45(56)61-37)63-44-39(36(52(8)9)23-29(3)60-44)62-43(55)33-18-12-11-13-19-33/h11-21,24,26,28-31,36-37,39-40,42,44H,10,22-23,25,27H2,1-9H3,(H,51,57)/b17-16+/t28-,29-,30-,31+,36+,37+,39-,40-,42-,44+,47+,48-,49+/m1/s1. The van der Waals surface area contributed by atoms with Crippen molar-refractivity contribution in [1.82, 2.24) is 15.2 Å². The Morgan fingerprint density at radius 2 is 1.69 bits per heavy atom. The molecule has 0 bridgehead atoms. The van der Waals surface area contributed by atoms with Gasteiger partial charge in [0.05, 0.1) is 54.2 Å². The molecule has 1 N–H and O–H groups in total. The number of rotatable bonds is 10. The van der Waals surface area contributed by atoms with Gasteiger partial charge < -0.3 is 43.4 Å². The van der Waals surface area contributed by atoms with Gasteiger partial charge in [-0.1, -0.05) is 76.2 Å². The van der Waals surface area contributed by atoms with Crippen molar-refractivity contribution < 1.29 is 57.1 Å². The first-order valence-corrected chi connectivity index (χ1v) is 22.2. The number of cyclic esters (lactones) is 1. The second-order valence-electron chi connectivity index (χ2n) is 18.4. The number of fused-ring (bicyclic) bond motifs is 2. The highest BCUT2D eigenvalue weighted by atomic mass is 16.7. The van der Waals surface area contributed by atoms with Gasteiger partial charge in [-0.15, -0.1) is 0 Å². The number of aromatic nitrogens is 1. The number of ether oxygens (including phenoxy) is 7. The van der Waals surface area contributed by atoms with E-state index in [2.05, 4.69) is 10.3 Å². The summed E-state index contributed by atoms with van der Waals surface area (Å²) in [6.07, 6.45) is 0.518. The number of hydrogen-bond donors (Lipinski definition) is 1. The number of ketones is 2. The molecule has 5 heterocycles. The fourth-order valence-corrected chi connectivity index (χ4v) is 9.87. The van der Waals surface area contributed by atoms with Crippen LogP contribution in [0.25, 0.3) is 17.0 Å². The van der Waals surface area contributed by atoms with E-state index in [9.17, 15) is 19.2 Å². The number of esters is 2. The van der Waals surface area contributed by atoms with Gasteiger partial charge in [0, 0.05) is 29.3 Å². The number of nitrogens with one attached hydrogen (secondary N) is 1. The van der Waals surface area contributed by atoms with Crippen LogP contribution in [0.1, 0.15) is 83.7 Å². The van der Waals surface area contributed by atoms with Gasteiger partial charge in [0.2, 0.25) is 5.60 Å². The summed E-state index contributed by atoms with van der Waals surface area (Å²) in [6, 6.07) is 17.1. The molecule has 4 aliphatic heterocycles. The second kappa shape index (κ2) is 18.8. The fourth-order valence-electron chi connectivity index (χ4n) is 9.87. The van der Waals surface area contributed by atoms with Crippen molar-refractivity contribution in [2.75, 3.05) is 27.3 Å². The maximum Gasteiger partial charge on any atom is 0.408 e. The number of benzene rings is 2. The number of epoxide rings is 1. The van der Waals surface area contributed by atoms with Gasteiger partial charge in [0.15, 0.2) is 23.8 Å². The summed E-state index contributed by atoms with van der Waals surface area (Å²) in [6.45, 7) is 11.9. The molecule has 64 heavy (non-hydrogen) atoms. The molecule has 1 spiro atoms. The number of Topliss-reactive ketones (excluding diaryl/α,β-unsaturated/α-hetero) is 2. The molecule has 7 rings (SSSR count). The summed E-state index contributed by atoms with van der Waals surface area (Å²) < 4.78 is 44.3. The van der Waals surface area contributed by atoms with Crippen LogP contribution in [0.2, 0.25) is 0 Å². The number of nitrogens with zero attached hydrogens (tertiary/aromatic N) is 2. The Kier molecular flexibility index (Phi) is 13.8. The Morgan fingerprint density at radius 1 is 0.984 bits per heavy atom. The van der Waals surface area contributed by atoms with E-state index in [0.29, 0.717) is 12.0 Å². The average Bonchev–Trinajstić information content (AvgIpc) is 4.03. The number of alkyl carbamates (subject to hydrolysis) is 1. The molecule has 344 valence electrons. The van der Waals surface area contributed by atoms with Crippen LogP contribution in [0.15, 0.2) is 72.9 Å². The number of pyridine rings is 1. The first-order chi connectivity index (χ1) is 30.4. The molecule has 15 nitrogen and oxygen atoms in total. The molecule has 0 radical (unpaired) electrons. The lowest BCUT2D eigenvalue weighted by atomic mass is 9.73. The van der Waals surface area contributed by atoms with E-state index in [0.717, 1.165) is 16.5 Å². The molecule has 13 atom stereocenters. The predicted octanol–water partition coefficient (Wildman–Crippen LogP) is 6.11. The Hall–Kier alpha value is -5.06. The first-order valence-electron chi connectivity index (χ1n) is 22.2. The zero-order valence-corrected chi connectivity index (χ0v) is 38.1. The molecule has 2 aromatic carbocycles. The van der Waals surface area contributed by atoms with Gasteiger partial charge in [-0.2, -0.15) is 0 Å². The van der Waals surface area contributed by atoms with Gasteiger partial charge in [0.25, 0.3) is 0 Å². The zero-order chi connectivity index (χ0) is 46.1. The first kappa shape index (κ1) is 46.9. The smallest absolute Gasteiger partial charge is 0.408 e. The molecule has 1 aromatic heterocycles. The minimum absolute atomic E-state index is 0.00168. The third-order valence-electron chi connectivity index (χ3n) is 13.5. The van der Waals surface area contributed by atoms with E-state index in [1.54, 1.807) is 78.1 Å². The predicted molar refractivity (Wildman–Crippen MR) is 235 cm³/mol. The monoisotopic (exact) mass is 883 g/mol. The van der Waals surface area contributed by atoms with E-state index >= 15 is 4.79 Å². The topological polar surface area (TPSA) is 181 Å². The molecule has 0 unspecified atom stereocenters. The van der Waals surface area contributed by atoms with Crippen molar-refractivity contribution in [3.05, 3.63) is 84.1 Å². The maximum atomic E-state index is 15.0. The highest BCUT2D eigenvalue weighted by Crippen LogP contribution is 2.44. The normalized spacial score (nSPS) is 36.0. The summed E-state index contributed by atoms with van der Waals surface area (Å²) in [7, 11) is 3.75. The molecule has 4 saturated heterocycles. The van der Waals surface area contributed by atoms with Gasteiger partial charge >= 0.3 is 18.0 Å². The van der Waals surface area contributed by atoms with Gasteiger partial charge in [0.1, 0.15) is 11.9 Å². The third-order valence-corrected chi connectivity index (χ3v) is 13.5. The Morgan fingerprint density at radius 3 is 2.38 bits per heavy atom. The van der Waals surface area contributed by atoms with Crippen LogP contribution in [0, 0.1) is 17.8 Å². The van der Waals surface area contributed by atoms with Gasteiger partial charge in [-0.05, 0) is 84.0 Å². The van der Waals surface area contributed by atoms with E-state index in [1.807, 2.05) is 68.4 Å². The number of amides is 1. The van der Waals surface area contributed by atoms with Gasteiger partial charge in [-0.25, -0.2) is 14.4 Å². The van der Waals surface area contributed by atoms with Crippen molar-refractivity contribution in [2.45, 2.75) is 127 Å². The van der Waals surface area contributed by atoms with E-state index in [1.165, 1.54) is 0 Å². The molecule has 15 heteroatoms. The largest absolute Gasteiger partial charge is 0.455 e. The number of carbonyl (C=O) groups is 5. The Balaban J connectivity index is 1.30. The number of likely N-dealkylation sites (N-methyl/N-ethyl adjacent to an activating group) is 1. The summed E-state index contributed by atoms with van der Waals surface area (Å²) in [5.41, 5.74) is -2.91. The van der Waals surface area contributed by atoms with Crippen molar-refractivity contribution in [3.63, 3.8) is 0 Å². The van der Waals surface area contributed by atoms with Crippen LogP contribution in [-0.2, 0) is 47.5 Å². The van der Waals surface area contributed by atoms with Crippen LogP contribution >= 0.6 is 0 Å². The molecule has 0 aliphatic carbocycles. The van der Waals surface area contributed by atoms with Crippen molar-refractivity contribution >= 4 is 46.6 Å². The van der Waals surface area contributed by atoms with Crippen LogP contribution in [-0.4, -0.2) is 126 Å².